The fourth-order valence-electron chi connectivity index (χ4n) is 0.248. The quantitative estimate of drug-likeness (QED) is 0.455. The lowest BCUT2D eigenvalue weighted by Crippen LogP contribution is -1.65. The van der Waals surface area contributed by atoms with Crippen molar-refractivity contribution >= 4 is 11.8 Å². The summed E-state index contributed by atoms with van der Waals surface area (Å²) in [4.78, 5) is 0. The third-order valence-electron chi connectivity index (χ3n) is 0.647. The van der Waals surface area contributed by atoms with E-state index in [4.69, 9.17) is 0 Å². The van der Waals surface area contributed by atoms with E-state index in [0.29, 0.717) is 11.6 Å². The van der Waals surface area contributed by atoms with Crippen molar-refractivity contribution in [2.24, 2.45) is 0 Å². The highest BCUT2D eigenvalue weighted by molar-refractivity contribution is 8.07. The van der Waals surface area contributed by atoms with Gasteiger partial charge in [-0.15, -0.1) is 0 Å². The highest BCUT2D eigenvalue weighted by atomic mass is 32.2. The van der Waals surface area contributed by atoms with Crippen molar-refractivity contribution in [3.05, 3.63) is 12.4 Å². The normalized spacial score (nSPS) is 31.8. The second-order valence-corrected chi connectivity index (χ2v) is 2.46. The molecule has 1 rings (SSSR count). The van der Waals surface area contributed by atoms with Crippen LogP contribution in [0.25, 0.3) is 0 Å². The van der Waals surface area contributed by atoms with Gasteiger partial charge in [0.15, 0.2) is 0 Å². The van der Waals surface area contributed by atoms with Gasteiger partial charge in [0.05, 0.1) is 6.33 Å². The lowest BCUT2D eigenvalue weighted by molar-refractivity contribution is 0.718. The Morgan fingerprint density at radius 3 is 2.67 bits per heavy atom. The summed E-state index contributed by atoms with van der Waals surface area (Å²) in [6.45, 7) is 0. The summed E-state index contributed by atoms with van der Waals surface area (Å²) < 4.78 is 11.1. The van der Waals surface area contributed by atoms with Crippen LogP contribution in [-0.4, -0.2) is 11.0 Å². The first-order valence-electron chi connectivity index (χ1n) is 1.82. The fourth-order valence-corrected chi connectivity index (χ4v) is 0.641. The van der Waals surface area contributed by atoms with Crippen LogP contribution < -0.4 is 0 Å². The van der Waals surface area contributed by atoms with Crippen molar-refractivity contribution in [1.82, 2.24) is 0 Å². The Morgan fingerprint density at radius 1 is 1.83 bits per heavy atom. The van der Waals surface area contributed by atoms with Crippen LogP contribution in [0.5, 0.6) is 0 Å². The molecule has 1 heterocycles. The third-order valence-corrected chi connectivity index (χ3v) is 1.52. The monoisotopic (exact) mass is 104 g/mol. The van der Waals surface area contributed by atoms with Crippen LogP contribution in [0.1, 0.15) is 0 Å². The maximum atomic E-state index is 11.1. The first-order valence-corrected chi connectivity index (χ1v) is 2.87. The SMILES string of the molecule is F/C=C\C1CS1. The van der Waals surface area contributed by atoms with Gasteiger partial charge >= 0.3 is 0 Å². The van der Waals surface area contributed by atoms with E-state index in [-0.39, 0.29) is 0 Å². The zero-order valence-corrected chi connectivity index (χ0v) is 4.04. The molecule has 1 saturated heterocycles. The molecule has 1 unspecified atom stereocenters. The molecule has 0 bridgehead atoms. The molecule has 0 radical (unpaired) electrons. The Hall–Kier alpha value is 0.0200. The Balaban J connectivity index is 2.15. The summed E-state index contributed by atoms with van der Waals surface area (Å²) in [5, 5.41) is 0.509. The predicted octanol–water partition coefficient (Wildman–Crippen LogP) is 1.58. The summed E-state index contributed by atoms with van der Waals surface area (Å²) in [6.07, 6.45) is 2.19. The maximum Gasteiger partial charge on any atom is 0.0838 e. The van der Waals surface area contributed by atoms with Crippen LogP contribution in [0.2, 0.25) is 0 Å². The molecular formula is C4H5FS. The smallest absolute Gasteiger partial charge is 0.0838 e. The minimum atomic E-state index is 0.509. The van der Waals surface area contributed by atoms with Crippen molar-refractivity contribution < 1.29 is 4.39 Å². The lowest BCUT2D eigenvalue weighted by atomic mass is 10.5. The van der Waals surface area contributed by atoms with Crippen LogP contribution in [-0.2, 0) is 0 Å². The molecule has 0 spiro atoms. The Kier molecular flexibility index (Phi) is 1.15. The molecule has 0 amide bonds. The number of rotatable bonds is 1. The van der Waals surface area contributed by atoms with E-state index < -0.39 is 0 Å². The van der Waals surface area contributed by atoms with Crippen molar-refractivity contribution in [3.8, 4) is 0 Å². The molecule has 1 aliphatic rings. The minimum Gasteiger partial charge on any atom is -0.216 e. The molecule has 0 N–H and O–H groups in total. The summed E-state index contributed by atoms with van der Waals surface area (Å²) in [5.41, 5.74) is 0. The van der Waals surface area contributed by atoms with Gasteiger partial charge in [-0.1, -0.05) is 0 Å². The fraction of sp³-hybridized carbons (Fsp3) is 0.500. The van der Waals surface area contributed by atoms with E-state index in [1.165, 1.54) is 0 Å². The van der Waals surface area contributed by atoms with E-state index in [0.717, 1.165) is 5.75 Å². The van der Waals surface area contributed by atoms with Gasteiger partial charge in [0.1, 0.15) is 0 Å². The topological polar surface area (TPSA) is 0 Å². The maximum absolute atomic E-state index is 11.1. The molecule has 0 saturated carbocycles. The van der Waals surface area contributed by atoms with Gasteiger partial charge in [0.25, 0.3) is 0 Å². The summed E-state index contributed by atoms with van der Waals surface area (Å²) >= 11 is 1.77. The predicted molar refractivity (Wildman–Crippen MR) is 26.5 cm³/mol. The van der Waals surface area contributed by atoms with Crippen molar-refractivity contribution in [2.75, 3.05) is 5.75 Å². The number of hydrogen-bond acceptors (Lipinski definition) is 1. The molecular weight excluding hydrogens is 99.1 g/mol. The van der Waals surface area contributed by atoms with E-state index in [9.17, 15) is 4.39 Å². The second kappa shape index (κ2) is 1.65. The van der Waals surface area contributed by atoms with Crippen LogP contribution in [0, 0.1) is 0 Å². The van der Waals surface area contributed by atoms with Gasteiger partial charge < -0.3 is 0 Å². The van der Waals surface area contributed by atoms with Crippen LogP contribution in [0.15, 0.2) is 12.4 Å². The van der Waals surface area contributed by atoms with E-state index >= 15 is 0 Å². The second-order valence-electron chi connectivity index (χ2n) is 1.19. The standard InChI is InChI=1S/C4H5FS/c5-2-1-4-3-6-4/h1-2,4H,3H2/b2-1-. The Morgan fingerprint density at radius 2 is 2.50 bits per heavy atom. The average Bonchev–Trinajstić information content (AvgIpc) is 2.21. The highest BCUT2D eigenvalue weighted by Crippen LogP contribution is 2.30. The van der Waals surface area contributed by atoms with Crippen LogP contribution >= 0.6 is 11.8 Å². The van der Waals surface area contributed by atoms with Gasteiger partial charge in [0, 0.05) is 11.0 Å². The van der Waals surface area contributed by atoms with Gasteiger partial charge in [0.2, 0.25) is 0 Å². The average molecular weight is 104 g/mol. The summed E-state index contributed by atoms with van der Waals surface area (Å²) in [7, 11) is 0. The molecule has 34 valence electrons. The first kappa shape index (κ1) is 4.19. The number of hydrogen-bond donors (Lipinski definition) is 0. The van der Waals surface area contributed by atoms with Crippen molar-refractivity contribution in [1.29, 1.82) is 0 Å². The number of thioether (sulfide) groups is 1. The number of halogens is 1. The lowest BCUT2D eigenvalue weighted by Gasteiger charge is -1.64. The molecule has 0 nitrogen and oxygen atoms in total. The minimum absolute atomic E-state index is 0.509. The van der Waals surface area contributed by atoms with Crippen molar-refractivity contribution in [3.63, 3.8) is 0 Å². The first-order chi connectivity index (χ1) is 2.93. The molecule has 1 fully saturated rings. The zero-order valence-electron chi connectivity index (χ0n) is 3.23. The molecule has 0 aromatic heterocycles. The van der Waals surface area contributed by atoms with Crippen LogP contribution in [0.4, 0.5) is 4.39 Å². The molecule has 1 aliphatic heterocycles. The molecule has 0 aromatic carbocycles. The molecule has 0 aromatic rings. The molecule has 6 heavy (non-hydrogen) atoms. The van der Waals surface area contributed by atoms with E-state index in [2.05, 4.69) is 0 Å². The van der Waals surface area contributed by atoms with Gasteiger partial charge in [-0.3, -0.25) is 0 Å². The van der Waals surface area contributed by atoms with E-state index in [1.807, 2.05) is 0 Å². The summed E-state index contributed by atoms with van der Waals surface area (Å²) in [6, 6.07) is 0. The van der Waals surface area contributed by atoms with Gasteiger partial charge in [-0.2, -0.15) is 11.8 Å². The third kappa shape index (κ3) is 1.01. The Bertz CT molecular complexity index is 65.9. The zero-order chi connectivity index (χ0) is 4.41. The Labute approximate surface area is 40.4 Å². The van der Waals surface area contributed by atoms with Gasteiger partial charge in [-0.25, -0.2) is 4.39 Å². The largest absolute Gasteiger partial charge is 0.216 e. The highest BCUT2D eigenvalue weighted by Gasteiger charge is 2.17. The molecule has 0 aliphatic carbocycles. The molecule has 2 heteroatoms. The van der Waals surface area contributed by atoms with Gasteiger partial charge in [-0.05, 0) is 6.08 Å². The summed E-state index contributed by atoms with van der Waals surface area (Å²) in [5.74, 6) is 1.11. The van der Waals surface area contributed by atoms with E-state index in [1.54, 1.807) is 17.8 Å². The van der Waals surface area contributed by atoms with Crippen LogP contribution in [0.3, 0.4) is 0 Å². The van der Waals surface area contributed by atoms with Crippen molar-refractivity contribution in [2.45, 2.75) is 5.25 Å². The molecule has 1 atom stereocenters.